The van der Waals surface area contributed by atoms with Crippen molar-refractivity contribution in [1.82, 2.24) is 15.2 Å². The first-order valence-electron chi connectivity index (χ1n) is 5.63. The Bertz CT molecular complexity index is 371. The van der Waals surface area contributed by atoms with Crippen LogP contribution in [-0.4, -0.2) is 37.1 Å². The molecule has 1 heterocycles. The van der Waals surface area contributed by atoms with E-state index in [1.54, 1.807) is 12.3 Å². The van der Waals surface area contributed by atoms with Gasteiger partial charge in [0.15, 0.2) is 5.43 Å². The monoisotopic (exact) mass is 223 g/mol. The minimum atomic E-state index is 0.108. The van der Waals surface area contributed by atoms with Crippen molar-refractivity contribution in [3.05, 3.63) is 33.7 Å². The van der Waals surface area contributed by atoms with Crippen molar-refractivity contribution in [2.75, 3.05) is 27.2 Å². The highest BCUT2D eigenvalue weighted by atomic mass is 16.1. The second-order valence-electron chi connectivity index (χ2n) is 4.34. The lowest BCUT2D eigenvalue weighted by Crippen LogP contribution is -2.23. The average molecular weight is 223 g/mol. The van der Waals surface area contributed by atoms with E-state index >= 15 is 0 Å². The van der Waals surface area contributed by atoms with E-state index in [-0.39, 0.29) is 5.43 Å². The average Bonchev–Trinajstić information content (AvgIpc) is 2.20. The zero-order chi connectivity index (χ0) is 12.0. The quantitative estimate of drug-likeness (QED) is 0.699. The Kier molecular flexibility index (Phi) is 5.22. The molecule has 90 valence electrons. The molecule has 1 aromatic heterocycles. The number of hydrogen-bond donors (Lipinski definition) is 2. The Hall–Kier alpha value is -1.13. The zero-order valence-corrected chi connectivity index (χ0v) is 10.3. The number of aromatic nitrogens is 1. The van der Waals surface area contributed by atoms with Gasteiger partial charge >= 0.3 is 0 Å². The molecule has 0 spiro atoms. The van der Waals surface area contributed by atoms with Crippen LogP contribution in [0.3, 0.4) is 0 Å². The smallest absolute Gasteiger partial charge is 0.186 e. The van der Waals surface area contributed by atoms with Crippen LogP contribution in [0.25, 0.3) is 0 Å². The summed E-state index contributed by atoms with van der Waals surface area (Å²) in [5.41, 5.74) is 1.81. The number of aryl methyl sites for hydroxylation is 1. The van der Waals surface area contributed by atoms with E-state index in [1.807, 2.05) is 6.92 Å². The number of nitrogens with zero attached hydrogens (tertiary/aromatic N) is 1. The summed E-state index contributed by atoms with van der Waals surface area (Å²) in [4.78, 5) is 16.7. The van der Waals surface area contributed by atoms with Crippen LogP contribution in [0, 0.1) is 6.92 Å². The van der Waals surface area contributed by atoms with Gasteiger partial charge in [-0.1, -0.05) is 0 Å². The third-order valence-corrected chi connectivity index (χ3v) is 2.41. The fraction of sp³-hybridized carbons (Fsp3) is 0.583. The van der Waals surface area contributed by atoms with Crippen molar-refractivity contribution in [2.24, 2.45) is 0 Å². The highest BCUT2D eigenvalue weighted by molar-refractivity contribution is 5.13. The van der Waals surface area contributed by atoms with E-state index in [0.29, 0.717) is 6.54 Å². The summed E-state index contributed by atoms with van der Waals surface area (Å²) in [6.45, 7) is 4.53. The molecule has 0 aliphatic heterocycles. The second-order valence-corrected chi connectivity index (χ2v) is 4.34. The third kappa shape index (κ3) is 4.59. The van der Waals surface area contributed by atoms with Crippen molar-refractivity contribution < 1.29 is 0 Å². The molecule has 0 radical (unpaired) electrons. The molecule has 4 heteroatoms. The second kappa shape index (κ2) is 6.45. The van der Waals surface area contributed by atoms with Gasteiger partial charge in [-0.3, -0.25) is 4.79 Å². The fourth-order valence-electron chi connectivity index (χ4n) is 1.48. The summed E-state index contributed by atoms with van der Waals surface area (Å²) < 4.78 is 0. The minimum Gasteiger partial charge on any atom is -0.365 e. The van der Waals surface area contributed by atoms with Gasteiger partial charge in [-0.15, -0.1) is 0 Å². The minimum absolute atomic E-state index is 0.108. The van der Waals surface area contributed by atoms with Gasteiger partial charge < -0.3 is 15.2 Å². The van der Waals surface area contributed by atoms with Crippen LogP contribution in [0.1, 0.15) is 17.7 Å². The molecule has 0 aliphatic rings. The first kappa shape index (κ1) is 12.9. The number of pyridine rings is 1. The molecular formula is C12H21N3O. The molecule has 16 heavy (non-hydrogen) atoms. The lowest BCUT2D eigenvalue weighted by Gasteiger charge is -2.09. The van der Waals surface area contributed by atoms with Crippen LogP contribution in [0.5, 0.6) is 0 Å². The molecule has 0 aromatic carbocycles. The SMILES string of the molecule is Cc1cc(=O)c(CNCCCN(C)C)c[nH]1. The molecule has 4 nitrogen and oxygen atoms in total. The van der Waals surface area contributed by atoms with Gasteiger partial charge in [-0.25, -0.2) is 0 Å². The number of nitrogens with one attached hydrogen (secondary N) is 2. The Morgan fingerprint density at radius 1 is 1.44 bits per heavy atom. The van der Waals surface area contributed by atoms with Crippen molar-refractivity contribution >= 4 is 0 Å². The maximum atomic E-state index is 11.5. The van der Waals surface area contributed by atoms with Crippen LogP contribution >= 0.6 is 0 Å². The zero-order valence-electron chi connectivity index (χ0n) is 10.3. The van der Waals surface area contributed by atoms with Gasteiger partial charge in [0.1, 0.15) is 0 Å². The summed E-state index contributed by atoms with van der Waals surface area (Å²) in [6.07, 6.45) is 2.88. The molecule has 0 unspecified atom stereocenters. The Morgan fingerprint density at radius 2 is 2.19 bits per heavy atom. The largest absolute Gasteiger partial charge is 0.365 e. The molecule has 0 atom stereocenters. The number of aromatic amines is 1. The molecule has 0 aliphatic carbocycles. The van der Waals surface area contributed by atoms with Crippen molar-refractivity contribution in [2.45, 2.75) is 19.9 Å². The van der Waals surface area contributed by atoms with Gasteiger partial charge in [0.2, 0.25) is 0 Å². The predicted molar refractivity (Wildman–Crippen MR) is 66.7 cm³/mol. The van der Waals surface area contributed by atoms with Gasteiger partial charge in [-0.2, -0.15) is 0 Å². The maximum Gasteiger partial charge on any atom is 0.186 e. The normalized spacial score (nSPS) is 11.0. The van der Waals surface area contributed by atoms with E-state index in [9.17, 15) is 4.79 Å². The van der Waals surface area contributed by atoms with Crippen LogP contribution in [0.15, 0.2) is 17.1 Å². The number of H-pyrrole nitrogens is 1. The molecule has 0 saturated heterocycles. The van der Waals surface area contributed by atoms with Crippen LogP contribution in [-0.2, 0) is 6.54 Å². The van der Waals surface area contributed by atoms with E-state index in [2.05, 4.69) is 29.3 Å². The molecule has 1 rings (SSSR count). The number of rotatable bonds is 6. The van der Waals surface area contributed by atoms with Crippen molar-refractivity contribution in [1.29, 1.82) is 0 Å². The highest BCUT2D eigenvalue weighted by Crippen LogP contribution is 1.91. The summed E-state index contributed by atoms with van der Waals surface area (Å²) >= 11 is 0. The molecule has 2 N–H and O–H groups in total. The molecule has 0 saturated carbocycles. The topological polar surface area (TPSA) is 48.1 Å². The Morgan fingerprint density at radius 3 is 2.81 bits per heavy atom. The molecular weight excluding hydrogens is 202 g/mol. The van der Waals surface area contributed by atoms with Gasteiger partial charge in [-0.05, 0) is 40.5 Å². The number of hydrogen-bond acceptors (Lipinski definition) is 3. The summed E-state index contributed by atoms with van der Waals surface area (Å²) in [7, 11) is 4.12. The maximum absolute atomic E-state index is 11.5. The molecule has 0 amide bonds. The Labute approximate surface area is 96.7 Å². The van der Waals surface area contributed by atoms with Crippen molar-refractivity contribution in [3.8, 4) is 0 Å². The van der Waals surface area contributed by atoms with Gasteiger partial charge in [0.25, 0.3) is 0 Å². The summed E-state index contributed by atoms with van der Waals surface area (Å²) in [5, 5.41) is 3.27. The van der Waals surface area contributed by atoms with Crippen LogP contribution < -0.4 is 10.7 Å². The van der Waals surface area contributed by atoms with Gasteiger partial charge in [0, 0.05) is 30.1 Å². The van der Waals surface area contributed by atoms with E-state index in [1.165, 1.54) is 0 Å². The van der Waals surface area contributed by atoms with E-state index in [0.717, 1.165) is 30.8 Å². The summed E-state index contributed by atoms with van der Waals surface area (Å²) in [5.74, 6) is 0. The van der Waals surface area contributed by atoms with Crippen LogP contribution in [0.4, 0.5) is 0 Å². The highest BCUT2D eigenvalue weighted by Gasteiger charge is 1.98. The first-order chi connectivity index (χ1) is 7.59. The molecule has 0 bridgehead atoms. The first-order valence-corrected chi connectivity index (χ1v) is 5.63. The lowest BCUT2D eigenvalue weighted by molar-refractivity contribution is 0.394. The standard InChI is InChI=1S/C12H21N3O/c1-10-7-12(16)11(9-14-10)8-13-5-4-6-15(2)3/h7,9,13H,4-6,8H2,1-3H3,(H,14,16). The van der Waals surface area contributed by atoms with Gasteiger partial charge in [0.05, 0.1) is 0 Å². The van der Waals surface area contributed by atoms with Crippen LogP contribution in [0.2, 0.25) is 0 Å². The van der Waals surface area contributed by atoms with E-state index in [4.69, 9.17) is 0 Å². The Balaban J connectivity index is 2.30. The predicted octanol–water partition coefficient (Wildman–Crippen LogP) is 0.725. The fourth-order valence-corrected chi connectivity index (χ4v) is 1.48. The lowest BCUT2D eigenvalue weighted by atomic mass is 10.2. The third-order valence-electron chi connectivity index (χ3n) is 2.41. The molecule has 1 aromatic rings. The molecule has 0 fully saturated rings. The van der Waals surface area contributed by atoms with Crippen molar-refractivity contribution in [3.63, 3.8) is 0 Å². The van der Waals surface area contributed by atoms with E-state index < -0.39 is 0 Å². The summed E-state index contributed by atoms with van der Waals surface area (Å²) in [6, 6.07) is 1.64.